The van der Waals surface area contributed by atoms with Crippen LogP contribution in [-0.4, -0.2) is 18.2 Å². The van der Waals surface area contributed by atoms with E-state index in [9.17, 15) is 0 Å². The Balaban J connectivity index is 1.61. The molecular weight excluding hydrogens is 380 g/mol. The third kappa shape index (κ3) is 6.34. The van der Waals surface area contributed by atoms with E-state index in [1.807, 2.05) is 24.3 Å². The number of benzene rings is 2. The Kier molecular flexibility index (Phi) is 7.16. The maximum atomic E-state index is 5.86. The van der Waals surface area contributed by atoms with Gasteiger partial charge in [-0.1, -0.05) is 51.8 Å². The SMILES string of the molecule is S=C(NCCc1ccc(Cl)cc1)NCCc1ccc(Br)cc1. The molecule has 0 fully saturated rings. The standard InChI is InChI=1S/C17H18BrClN2S/c18-15-5-1-13(2-6-15)9-11-20-17(22)21-12-10-14-3-7-16(19)8-4-14/h1-8H,9-12H2,(H2,20,21,22). The van der Waals surface area contributed by atoms with Crippen molar-refractivity contribution in [2.24, 2.45) is 0 Å². The summed E-state index contributed by atoms with van der Waals surface area (Å²) in [5.74, 6) is 0. The molecule has 0 heterocycles. The van der Waals surface area contributed by atoms with Crippen LogP contribution in [0.1, 0.15) is 11.1 Å². The predicted octanol–water partition coefficient (Wildman–Crippen LogP) is 4.35. The molecule has 2 rings (SSSR count). The molecule has 0 aliphatic carbocycles. The quantitative estimate of drug-likeness (QED) is 0.709. The second-order valence-corrected chi connectivity index (χ2v) is 6.70. The molecule has 0 radical (unpaired) electrons. The summed E-state index contributed by atoms with van der Waals surface area (Å²) >= 11 is 14.6. The fourth-order valence-corrected chi connectivity index (χ4v) is 2.60. The van der Waals surface area contributed by atoms with Gasteiger partial charge in [0, 0.05) is 22.6 Å². The maximum Gasteiger partial charge on any atom is 0.166 e. The van der Waals surface area contributed by atoms with E-state index in [1.165, 1.54) is 11.1 Å². The van der Waals surface area contributed by atoms with Crippen molar-refractivity contribution < 1.29 is 0 Å². The predicted molar refractivity (Wildman–Crippen MR) is 102 cm³/mol. The first kappa shape index (κ1) is 17.3. The summed E-state index contributed by atoms with van der Waals surface area (Å²) in [6.07, 6.45) is 1.87. The zero-order valence-corrected chi connectivity index (χ0v) is 15.3. The fraction of sp³-hybridized carbons (Fsp3) is 0.235. The summed E-state index contributed by atoms with van der Waals surface area (Å²) in [6, 6.07) is 16.2. The molecule has 0 amide bonds. The van der Waals surface area contributed by atoms with Crippen molar-refractivity contribution in [3.63, 3.8) is 0 Å². The first-order valence-corrected chi connectivity index (χ1v) is 8.72. The van der Waals surface area contributed by atoms with Gasteiger partial charge in [-0.3, -0.25) is 0 Å². The first-order valence-electron chi connectivity index (χ1n) is 7.14. The number of thiocarbonyl (C=S) groups is 1. The molecular formula is C17H18BrClN2S. The van der Waals surface area contributed by atoms with E-state index in [0.717, 1.165) is 35.4 Å². The summed E-state index contributed by atoms with van der Waals surface area (Å²) in [4.78, 5) is 0. The molecule has 2 aromatic rings. The number of hydrogen-bond acceptors (Lipinski definition) is 1. The van der Waals surface area contributed by atoms with Crippen LogP contribution >= 0.6 is 39.7 Å². The summed E-state index contributed by atoms with van der Waals surface area (Å²) in [5, 5.41) is 7.92. The highest BCUT2D eigenvalue weighted by molar-refractivity contribution is 9.10. The molecule has 2 N–H and O–H groups in total. The Morgan fingerprint density at radius 1 is 0.864 bits per heavy atom. The summed E-state index contributed by atoms with van der Waals surface area (Å²) < 4.78 is 1.10. The Morgan fingerprint density at radius 3 is 1.82 bits per heavy atom. The Hall–Kier alpha value is -1.10. The lowest BCUT2D eigenvalue weighted by atomic mass is 10.1. The largest absolute Gasteiger partial charge is 0.362 e. The molecule has 2 nitrogen and oxygen atoms in total. The van der Waals surface area contributed by atoms with E-state index in [0.29, 0.717) is 5.11 Å². The van der Waals surface area contributed by atoms with Crippen LogP contribution in [0.3, 0.4) is 0 Å². The minimum atomic E-state index is 0.700. The fourth-order valence-electron chi connectivity index (χ4n) is 2.01. The third-order valence-electron chi connectivity index (χ3n) is 3.22. The van der Waals surface area contributed by atoms with Gasteiger partial charge in [0.15, 0.2) is 5.11 Å². The van der Waals surface area contributed by atoms with Crippen molar-refractivity contribution in [1.82, 2.24) is 10.6 Å². The number of halogens is 2. The molecule has 0 atom stereocenters. The van der Waals surface area contributed by atoms with Gasteiger partial charge in [-0.15, -0.1) is 0 Å². The van der Waals surface area contributed by atoms with Crippen LogP contribution in [0.25, 0.3) is 0 Å². The molecule has 2 aromatic carbocycles. The van der Waals surface area contributed by atoms with E-state index in [2.05, 4.69) is 50.8 Å². The normalized spacial score (nSPS) is 10.3. The van der Waals surface area contributed by atoms with Crippen LogP contribution in [0.4, 0.5) is 0 Å². The van der Waals surface area contributed by atoms with E-state index < -0.39 is 0 Å². The van der Waals surface area contributed by atoms with Gasteiger partial charge in [-0.05, 0) is 60.5 Å². The molecule has 0 unspecified atom stereocenters. The highest BCUT2D eigenvalue weighted by Gasteiger charge is 1.98. The molecule has 5 heteroatoms. The Bertz CT molecular complexity index is 546. The van der Waals surface area contributed by atoms with E-state index >= 15 is 0 Å². The minimum Gasteiger partial charge on any atom is -0.362 e. The smallest absolute Gasteiger partial charge is 0.166 e. The van der Waals surface area contributed by atoms with Gasteiger partial charge in [0.2, 0.25) is 0 Å². The lowest BCUT2D eigenvalue weighted by Gasteiger charge is -2.10. The van der Waals surface area contributed by atoms with Crippen molar-refractivity contribution in [2.45, 2.75) is 12.8 Å². The molecule has 0 aromatic heterocycles. The zero-order chi connectivity index (χ0) is 15.8. The van der Waals surface area contributed by atoms with Crippen LogP contribution in [0, 0.1) is 0 Å². The van der Waals surface area contributed by atoms with Crippen LogP contribution in [0.15, 0.2) is 53.0 Å². The molecule has 116 valence electrons. The van der Waals surface area contributed by atoms with Crippen LogP contribution in [0.2, 0.25) is 5.02 Å². The van der Waals surface area contributed by atoms with Gasteiger partial charge in [0.25, 0.3) is 0 Å². The van der Waals surface area contributed by atoms with Gasteiger partial charge < -0.3 is 10.6 Å². The van der Waals surface area contributed by atoms with E-state index in [-0.39, 0.29) is 0 Å². The maximum absolute atomic E-state index is 5.86. The highest BCUT2D eigenvalue weighted by atomic mass is 79.9. The number of nitrogens with one attached hydrogen (secondary N) is 2. The van der Waals surface area contributed by atoms with Gasteiger partial charge in [0.1, 0.15) is 0 Å². The minimum absolute atomic E-state index is 0.700. The molecule has 0 saturated heterocycles. The average molecular weight is 398 g/mol. The number of hydrogen-bond donors (Lipinski definition) is 2. The first-order chi connectivity index (χ1) is 10.6. The van der Waals surface area contributed by atoms with Crippen molar-refractivity contribution in [3.8, 4) is 0 Å². The van der Waals surface area contributed by atoms with Gasteiger partial charge in [0.05, 0.1) is 0 Å². The monoisotopic (exact) mass is 396 g/mol. The van der Waals surface area contributed by atoms with E-state index in [1.54, 1.807) is 0 Å². The van der Waals surface area contributed by atoms with Crippen LogP contribution in [0.5, 0.6) is 0 Å². The number of rotatable bonds is 6. The molecule has 0 bridgehead atoms. The molecule has 0 aliphatic heterocycles. The van der Waals surface area contributed by atoms with Crippen molar-refractivity contribution in [1.29, 1.82) is 0 Å². The lowest BCUT2D eigenvalue weighted by molar-refractivity contribution is 0.802. The molecule has 0 spiro atoms. The van der Waals surface area contributed by atoms with Crippen molar-refractivity contribution in [3.05, 3.63) is 69.2 Å². The van der Waals surface area contributed by atoms with E-state index in [4.69, 9.17) is 23.8 Å². The lowest BCUT2D eigenvalue weighted by Crippen LogP contribution is -2.37. The topological polar surface area (TPSA) is 24.1 Å². The molecule has 22 heavy (non-hydrogen) atoms. The second-order valence-electron chi connectivity index (χ2n) is 4.94. The van der Waals surface area contributed by atoms with Crippen molar-refractivity contribution >= 4 is 44.9 Å². The molecule has 0 aliphatic rings. The summed E-state index contributed by atoms with van der Waals surface area (Å²) in [7, 11) is 0. The van der Waals surface area contributed by atoms with Gasteiger partial charge >= 0.3 is 0 Å². The zero-order valence-electron chi connectivity index (χ0n) is 12.1. The summed E-state index contributed by atoms with van der Waals surface area (Å²) in [6.45, 7) is 1.64. The van der Waals surface area contributed by atoms with Crippen molar-refractivity contribution in [2.75, 3.05) is 13.1 Å². The highest BCUT2D eigenvalue weighted by Crippen LogP contribution is 2.11. The van der Waals surface area contributed by atoms with Gasteiger partial charge in [-0.2, -0.15) is 0 Å². The van der Waals surface area contributed by atoms with Gasteiger partial charge in [-0.25, -0.2) is 0 Å². The second kappa shape index (κ2) is 9.13. The Morgan fingerprint density at radius 2 is 1.32 bits per heavy atom. The van der Waals surface area contributed by atoms with Crippen LogP contribution < -0.4 is 10.6 Å². The van der Waals surface area contributed by atoms with Crippen LogP contribution in [-0.2, 0) is 12.8 Å². The average Bonchev–Trinajstić information content (AvgIpc) is 2.51. The Labute approximate surface area is 150 Å². The summed E-state index contributed by atoms with van der Waals surface area (Å²) in [5.41, 5.74) is 2.54. The molecule has 0 saturated carbocycles. The third-order valence-corrected chi connectivity index (χ3v) is 4.29.